The van der Waals surface area contributed by atoms with Crippen LogP contribution in [0.4, 0.5) is 10.7 Å². The number of likely N-dealkylation sites (tertiary alicyclic amines) is 1. The second kappa shape index (κ2) is 13.1. The van der Waals surface area contributed by atoms with Crippen molar-refractivity contribution in [2.24, 2.45) is 4.99 Å². The number of nitrogens with one attached hydrogen (secondary N) is 1. The van der Waals surface area contributed by atoms with E-state index >= 15 is 0 Å². The molecule has 0 aliphatic carbocycles. The highest BCUT2D eigenvalue weighted by Gasteiger charge is 2.21. The van der Waals surface area contributed by atoms with Crippen LogP contribution in [0.2, 0.25) is 5.02 Å². The Morgan fingerprint density at radius 3 is 2.70 bits per heavy atom. The molecular formula is C27H29ClN4O3S2. The molecule has 1 aliphatic rings. The van der Waals surface area contributed by atoms with Crippen molar-refractivity contribution in [2.75, 3.05) is 31.3 Å². The molecule has 0 radical (unpaired) electrons. The fourth-order valence-corrected chi connectivity index (χ4v) is 6.03. The number of fused-ring (bicyclic) bond motifs is 1. The summed E-state index contributed by atoms with van der Waals surface area (Å²) in [5, 5.41) is 4.59. The molecule has 4 aromatic rings. The van der Waals surface area contributed by atoms with Crippen LogP contribution in [0, 0.1) is 6.92 Å². The number of rotatable bonds is 8. The van der Waals surface area contributed by atoms with Crippen molar-refractivity contribution < 1.29 is 13.9 Å². The van der Waals surface area contributed by atoms with E-state index in [1.807, 2.05) is 62.5 Å². The molecular weight excluding hydrogens is 528 g/mol. The standard InChI is InChI=1S/C18H19ClN2O2S2.C9H10N2O/c1-20-18-17(10-16(11-22)25-18)24-12-21-8-6-15(7-9-21)23-14-4-2-13(19)3-5-14;1-6-11-8-5-7(10-2)3-4-9(8)12-6/h2-5,10-11,15H,1,6-9,12H2;3-5,10H,1-2H3. The molecule has 1 N–H and O–H groups in total. The Labute approximate surface area is 229 Å². The van der Waals surface area contributed by atoms with E-state index in [0.29, 0.717) is 10.8 Å². The number of carbonyl (C=O) groups is 1. The predicted molar refractivity (Wildman–Crippen MR) is 155 cm³/mol. The number of aldehydes is 1. The Balaban J connectivity index is 0.000000222. The van der Waals surface area contributed by atoms with Gasteiger partial charge in [0, 0.05) is 48.5 Å². The molecule has 1 aliphatic heterocycles. The van der Waals surface area contributed by atoms with Crippen LogP contribution in [0.3, 0.4) is 0 Å². The van der Waals surface area contributed by atoms with Gasteiger partial charge in [0.2, 0.25) is 0 Å². The lowest BCUT2D eigenvalue weighted by molar-refractivity contribution is 0.111. The third kappa shape index (κ3) is 7.58. The third-order valence-corrected chi connectivity index (χ3v) is 8.28. The molecule has 1 fully saturated rings. The van der Waals surface area contributed by atoms with E-state index in [1.54, 1.807) is 11.8 Å². The average Bonchev–Trinajstić information content (AvgIpc) is 3.51. The van der Waals surface area contributed by atoms with Crippen LogP contribution in [0.5, 0.6) is 5.75 Å². The Morgan fingerprint density at radius 2 is 2.03 bits per heavy atom. The lowest BCUT2D eigenvalue weighted by Gasteiger charge is -2.31. The molecule has 0 amide bonds. The van der Waals surface area contributed by atoms with Crippen molar-refractivity contribution >= 4 is 69.5 Å². The molecule has 0 unspecified atom stereocenters. The molecule has 0 spiro atoms. The van der Waals surface area contributed by atoms with Gasteiger partial charge in [-0.15, -0.1) is 23.1 Å². The lowest BCUT2D eigenvalue weighted by atomic mass is 10.1. The lowest BCUT2D eigenvalue weighted by Crippen LogP contribution is -2.37. The topological polar surface area (TPSA) is 80.0 Å². The number of thioether (sulfide) groups is 1. The number of aromatic nitrogens is 1. The van der Waals surface area contributed by atoms with Gasteiger partial charge in [0.1, 0.15) is 22.4 Å². The number of aryl methyl sites for hydroxylation is 1. The van der Waals surface area contributed by atoms with E-state index in [1.165, 1.54) is 11.3 Å². The minimum absolute atomic E-state index is 0.246. The van der Waals surface area contributed by atoms with E-state index < -0.39 is 0 Å². The molecule has 3 heterocycles. The summed E-state index contributed by atoms with van der Waals surface area (Å²) in [6.45, 7) is 7.41. The Hall–Kier alpha value is -2.85. The van der Waals surface area contributed by atoms with Crippen LogP contribution < -0.4 is 10.1 Å². The minimum atomic E-state index is 0.246. The number of oxazole rings is 1. The number of ether oxygens (including phenoxy) is 1. The first-order chi connectivity index (χ1) is 18.0. The zero-order chi connectivity index (χ0) is 26.2. The molecule has 2 aromatic heterocycles. The second-order valence-electron chi connectivity index (χ2n) is 8.42. The van der Waals surface area contributed by atoms with Gasteiger partial charge in [0.15, 0.2) is 17.8 Å². The Bertz CT molecular complexity index is 1330. The number of piperidine rings is 1. The van der Waals surface area contributed by atoms with Crippen molar-refractivity contribution in [3.05, 3.63) is 64.3 Å². The fraction of sp³-hybridized carbons (Fsp3) is 0.296. The first-order valence-corrected chi connectivity index (χ1v) is 14.0. The van der Waals surface area contributed by atoms with Crippen molar-refractivity contribution in [2.45, 2.75) is 30.8 Å². The molecule has 10 heteroatoms. The molecule has 0 saturated carbocycles. The van der Waals surface area contributed by atoms with Gasteiger partial charge in [-0.2, -0.15) is 0 Å². The molecule has 2 aromatic carbocycles. The summed E-state index contributed by atoms with van der Waals surface area (Å²) in [5.74, 6) is 2.46. The van der Waals surface area contributed by atoms with Crippen molar-refractivity contribution in [3.8, 4) is 5.75 Å². The van der Waals surface area contributed by atoms with Crippen molar-refractivity contribution in [1.29, 1.82) is 0 Å². The largest absolute Gasteiger partial charge is 0.490 e. The number of benzene rings is 2. The van der Waals surface area contributed by atoms with E-state index in [0.717, 1.165) is 75.5 Å². The molecule has 0 atom stereocenters. The number of nitrogens with zero attached hydrogens (tertiary/aromatic N) is 3. The van der Waals surface area contributed by atoms with Gasteiger partial charge in [-0.05, 0) is 68.1 Å². The zero-order valence-electron chi connectivity index (χ0n) is 20.8. The van der Waals surface area contributed by atoms with Gasteiger partial charge >= 0.3 is 0 Å². The van der Waals surface area contributed by atoms with E-state index in [2.05, 4.69) is 26.9 Å². The number of hydrogen-bond acceptors (Lipinski definition) is 9. The van der Waals surface area contributed by atoms with Crippen molar-refractivity contribution in [3.63, 3.8) is 0 Å². The van der Waals surface area contributed by atoms with Crippen LogP contribution in [0.15, 0.2) is 62.8 Å². The van der Waals surface area contributed by atoms with Crippen LogP contribution in [-0.4, -0.2) is 55.0 Å². The van der Waals surface area contributed by atoms with Crippen LogP contribution >= 0.6 is 34.7 Å². The number of anilines is 1. The number of aliphatic imine (C=N–C) groups is 1. The molecule has 5 rings (SSSR count). The Kier molecular flexibility index (Phi) is 9.62. The number of halogens is 1. The molecule has 7 nitrogen and oxygen atoms in total. The highest BCUT2D eigenvalue weighted by molar-refractivity contribution is 7.99. The monoisotopic (exact) mass is 556 g/mol. The quantitative estimate of drug-likeness (QED) is 0.138. The highest BCUT2D eigenvalue weighted by Crippen LogP contribution is 2.37. The molecule has 0 bridgehead atoms. The van der Waals surface area contributed by atoms with E-state index in [-0.39, 0.29) is 6.10 Å². The second-order valence-corrected chi connectivity index (χ2v) is 10.9. The predicted octanol–water partition coefficient (Wildman–Crippen LogP) is 7.32. The van der Waals surface area contributed by atoms with Crippen molar-refractivity contribution in [1.82, 2.24) is 9.88 Å². The van der Waals surface area contributed by atoms with E-state index in [9.17, 15) is 4.79 Å². The summed E-state index contributed by atoms with van der Waals surface area (Å²) in [4.78, 5) is 23.3. The summed E-state index contributed by atoms with van der Waals surface area (Å²) < 4.78 is 11.4. The SMILES string of the molecule is C=Nc1sc(C=O)cc1SCN1CCC(Oc2ccc(Cl)cc2)CC1.CNc1ccc2oc(C)nc2c1. The summed E-state index contributed by atoms with van der Waals surface area (Å²) >= 11 is 8.99. The van der Waals surface area contributed by atoms with Crippen LogP contribution in [-0.2, 0) is 0 Å². The molecule has 37 heavy (non-hydrogen) atoms. The summed E-state index contributed by atoms with van der Waals surface area (Å²) in [6, 6.07) is 15.3. The normalized spacial score (nSPS) is 14.1. The van der Waals surface area contributed by atoms with Gasteiger partial charge in [-0.1, -0.05) is 11.6 Å². The minimum Gasteiger partial charge on any atom is -0.490 e. The summed E-state index contributed by atoms with van der Waals surface area (Å²) in [6.07, 6.45) is 3.11. The van der Waals surface area contributed by atoms with Crippen LogP contribution in [0.25, 0.3) is 11.1 Å². The first-order valence-electron chi connectivity index (χ1n) is 11.9. The van der Waals surface area contributed by atoms with Gasteiger partial charge in [-0.25, -0.2) is 4.98 Å². The summed E-state index contributed by atoms with van der Waals surface area (Å²) in [7, 11) is 1.88. The molecule has 194 valence electrons. The molecule has 1 saturated heterocycles. The smallest absolute Gasteiger partial charge is 0.192 e. The highest BCUT2D eigenvalue weighted by atomic mass is 35.5. The summed E-state index contributed by atoms with van der Waals surface area (Å²) in [5.41, 5.74) is 2.79. The van der Waals surface area contributed by atoms with E-state index in [4.69, 9.17) is 20.8 Å². The number of thiophene rings is 1. The van der Waals surface area contributed by atoms with Gasteiger partial charge in [0.25, 0.3) is 0 Å². The number of carbonyl (C=O) groups excluding carboxylic acids is 1. The maximum atomic E-state index is 10.9. The zero-order valence-corrected chi connectivity index (χ0v) is 23.2. The first kappa shape index (κ1) is 27.2. The average molecular weight is 557 g/mol. The fourth-order valence-electron chi connectivity index (χ4n) is 3.87. The Morgan fingerprint density at radius 1 is 1.27 bits per heavy atom. The maximum absolute atomic E-state index is 10.9. The maximum Gasteiger partial charge on any atom is 0.192 e. The van der Waals surface area contributed by atoms with Gasteiger partial charge in [0.05, 0.1) is 4.88 Å². The van der Waals surface area contributed by atoms with Gasteiger partial charge < -0.3 is 14.5 Å². The third-order valence-electron chi connectivity index (χ3n) is 5.80. The van der Waals surface area contributed by atoms with Crippen LogP contribution in [0.1, 0.15) is 28.4 Å². The van der Waals surface area contributed by atoms with Gasteiger partial charge in [-0.3, -0.25) is 14.7 Å². The number of hydrogen-bond donors (Lipinski definition) is 1.